The van der Waals surface area contributed by atoms with Gasteiger partial charge in [0.1, 0.15) is 0 Å². The zero-order chi connectivity index (χ0) is 9.84. The minimum absolute atomic E-state index is 0.283. The van der Waals surface area contributed by atoms with Crippen LogP contribution in [-0.4, -0.2) is 11.1 Å². The maximum absolute atomic E-state index is 10.8. The molecule has 0 aromatic heterocycles. The Kier molecular flexibility index (Phi) is 3.52. The molecule has 13 heavy (non-hydrogen) atoms. The molecule has 1 aliphatic rings. The number of hydrogen-bond donors (Lipinski definition) is 1. The Balaban J connectivity index is 2.67. The van der Waals surface area contributed by atoms with Crippen molar-refractivity contribution in [3.05, 3.63) is 11.6 Å². The van der Waals surface area contributed by atoms with Crippen LogP contribution in [0.25, 0.3) is 0 Å². The minimum Gasteiger partial charge on any atom is -0.481 e. The van der Waals surface area contributed by atoms with Crippen LogP contribution in [0, 0.1) is 11.8 Å². The lowest BCUT2D eigenvalue weighted by molar-refractivity contribution is -0.139. The SMILES string of the molecule is CCC1C=C([C@@H](C)C(=O)O)CCC1. The Morgan fingerprint density at radius 2 is 2.46 bits per heavy atom. The van der Waals surface area contributed by atoms with Gasteiger partial charge in [-0.1, -0.05) is 18.6 Å². The molecule has 0 fully saturated rings. The Bertz CT molecular complexity index is 218. The highest BCUT2D eigenvalue weighted by atomic mass is 16.4. The van der Waals surface area contributed by atoms with Crippen molar-refractivity contribution in [3.8, 4) is 0 Å². The smallest absolute Gasteiger partial charge is 0.310 e. The Labute approximate surface area is 79.6 Å². The first-order chi connectivity index (χ1) is 6.15. The molecule has 2 nitrogen and oxygen atoms in total. The molecule has 1 aliphatic carbocycles. The van der Waals surface area contributed by atoms with Crippen molar-refractivity contribution in [1.29, 1.82) is 0 Å². The molecule has 0 aromatic rings. The molecule has 0 saturated heterocycles. The summed E-state index contributed by atoms with van der Waals surface area (Å²) < 4.78 is 0. The summed E-state index contributed by atoms with van der Waals surface area (Å²) in [5.74, 6) is -0.358. The van der Waals surface area contributed by atoms with E-state index in [1.54, 1.807) is 6.92 Å². The highest BCUT2D eigenvalue weighted by Gasteiger charge is 2.20. The Hall–Kier alpha value is -0.790. The van der Waals surface area contributed by atoms with Crippen molar-refractivity contribution in [2.75, 3.05) is 0 Å². The lowest BCUT2D eigenvalue weighted by atomic mass is 9.84. The lowest BCUT2D eigenvalue weighted by Crippen LogP contribution is -2.16. The van der Waals surface area contributed by atoms with Gasteiger partial charge >= 0.3 is 5.97 Å². The van der Waals surface area contributed by atoms with Gasteiger partial charge in [0.25, 0.3) is 0 Å². The van der Waals surface area contributed by atoms with E-state index in [0.717, 1.165) is 24.8 Å². The molecular formula is C11H18O2. The fourth-order valence-corrected chi connectivity index (χ4v) is 1.88. The molecule has 2 atom stereocenters. The number of carboxylic acid groups (broad SMARTS) is 1. The first-order valence-electron chi connectivity index (χ1n) is 5.08. The van der Waals surface area contributed by atoms with Crippen LogP contribution in [0.2, 0.25) is 0 Å². The Morgan fingerprint density at radius 3 is 3.00 bits per heavy atom. The van der Waals surface area contributed by atoms with Gasteiger partial charge in [-0.2, -0.15) is 0 Å². The standard InChI is InChI=1S/C11H18O2/c1-3-9-5-4-6-10(7-9)8(2)11(12)13/h7-9H,3-6H2,1-2H3,(H,12,13)/t8-,9?/m1/s1. The molecule has 0 heterocycles. The maximum Gasteiger partial charge on any atom is 0.310 e. The third-order valence-corrected chi connectivity index (χ3v) is 2.94. The van der Waals surface area contributed by atoms with Crippen molar-refractivity contribution in [3.63, 3.8) is 0 Å². The van der Waals surface area contributed by atoms with Gasteiger partial charge in [-0.3, -0.25) is 4.79 Å². The number of carboxylic acids is 1. The summed E-state index contributed by atoms with van der Waals surface area (Å²) in [7, 11) is 0. The van der Waals surface area contributed by atoms with Gasteiger partial charge in [0.15, 0.2) is 0 Å². The van der Waals surface area contributed by atoms with E-state index >= 15 is 0 Å². The number of allylic oxidation sites excluding steroid dienone is 1. The quantitative estimate of drug-likeness (QED) is 0.681. The first kappa shape index (κ1) is 10.3. The van der Waals surface area contributed by atoms with Crippen molar-refractivity contribution in [2.24, 2.45) is 11.8 Å². The monoisotopic (exact) mass is 182 g/mol. The normalized spacial score (nSPS) is 25.1. The lowest BCUT2D eigenvalue weighted by Gasteiger charge is -2.22. The fraction of sp³-hybridized carbons (Fsp3) is 0.727. The molecule has 0 bridgehead atoms. The summed E-state index contributed by atoms with van der Waals surface area (Å²) >= 11 is 0. The van der Waals surface area contributed by atoms with Crippen LogP contribution in [0.1, 0.15) is 39.5 Å². The average molecular weight is 182 g/mol. The number of carbonyl (C=O) groups is 1. The Morgan fingerprint density at radius 1 is 1.77 bits per heavy atom. The summed E-state index contributed by atoms with van der Waals surface area (Å²) in [6.07, 6.45) is 6.68. The van der Waals surface area contributed by atoms with E-state index in [4.69, 9.17) is 5.11 Å². The average Bonchev–Trinajstić information content (AvgIpc) is 2.16. The first-order valence-corrected chi connectivity index (χ1v) is 5.08. The van der Waals surface area contributed by atoms with Crippen LogP contribution < -0.4 is 0 Å². The van der Waals surface area contributed by atoms with Crippen molar-refractivity contribution in [1.82, 2.24) is 0 Å². The van der Waals surface area contributed by atoms with E-state index < -0.39 is 5.97 Å². The van der Waals surface area contributed by atoms with Crippen LogP contribution in [0.5, 0.6) is 0 Å². The van der Waals surface area contributed by atoms with Crippen LogP contribution in [0.15, 0.2) is 11.6 Å². The summed E-state index contributed by atoms with van der Waals surface area (Å²) in [5.41, 5.74) is 1.13. The molecule has 1 unspecified atom stereocenters. The second-order valence-corrected chi connectivity index (χ2v) is 3.86. The molecule has 74 valence electrons. The second-order valence-electron chi connectivity index (χ2n) is 3.86. The molecule has 1 rings (SSSR count). The molecule has 0 aliphatic heterocycles. The third-order valence-electron chi connectivity index (χ3n) is 2.94. The van der Waals surface area contributed by atoms with E-state index in [1.165, 1.54) is 6.42 Å². The van der Waals surface area contributed by atoms with E-state index in [9.17, 15) is 4.79 Å². The topological polar surface area (TPSA) is 37.3 Å². The highest BCUT2D eigenvalue weighted by Crippen LogP contribution is 2.29. The molecule has 0 spiro atoms. The molecule has 0 aromatic carbocycles. The van der Waals surface area contributed by atoms with Crippen LogP contribution >= 0.6 is 0 Å². The predicted octanol–water partition coefficient (Wildman–Crippen LogP) is 2.84. The third kappa shape index (κ3) is 2.58. The summed E-state index contributed by atoms with van der Waals surface area (Å²) in [6, 6.07) is 0. The maximum atomic E-state index is 10.8. The molecule has 0 saturated carbocycles. The molecule has 0 radical (unpaired) electrons. The van der Waals surface area contributed by atoms with Crippen LogP contribution in [0.4, 0.5) is 0 Å². The molecule has 0 amide bonds. The van der Waals surface area contributed by atoms with Gasteiger partial charge in [-0.25, -0.2) is 0 Å². The largest absolute Gasteiger partial charge is 0.481 e. The van der Waals surface area contributed by atoms with Gasteiger partial charge in [-0.05, 0) is 38.5 Å². The summed E-state index contributed by atoms with van der Waals surface area (Å²) in [4.78, 5) is 10.8. The molecule has 2 heteroatoms. The minimum atomic E-state index is -0.692. The summed E-state index contributed by atoms with van der Waals surface area (Å²) in [6.45, 7) is 3.95. The van der Waals surface area contributed by atoms with Crippen molar-refractivity contribution < 1.29 is 9.90 Å². The predicted molar refractivity (Wildman–Crippen MR) is 52.5 cm³/mol. The zero-order valence-electron chi connectivity index (χ0n) is 8.42. The van der Waals surface area contributed by atoms with Crippen molar-refractivity contribution >= 4 is 5.97 Å². The van der Waals surface area contributed by atoms with Gasteiger partial charge in [0.2, 0.25) is 0 Å². The van der Waals surface area contributed by atoms with Gasteiger partial charge in [-0.15, -0.1) is 0 Å². The van der Waals surface area contributed by atoms with Gasteiger partial charge < -0.3 is 5.11 Å². The van der Waals surface area contributed by atoms with E-state index in [1.807, 2.05) is 0 Å². The van der Waals surface area contributed by atoms with Crippen molar-refractivity contribution in [2.45, 2.75) is 39.5 Å². The van der Waals surface area contributed by atoms with Crippen LogP contribution in [-0.2, 0) is 4.79 Å². The zero-order valence-corrected chi connectivity index (χ0v) is 8.42. The highest BCUT2D eigenvalue weighted by molar-refractivity contribution is 5.73. The second kappa shape index (κ2) is 4.45. The van der Waals surface area contributed by atoms with E-state index in [-0.39, 0.29) is 5.92 Å². The number of aliphatic carboxylic acids is 1. The number of rotatable bonds is 3. The molecule has 1 N–H and O–H groups in total. The fourth-order valence-electron chi connectivity index (χ4n) is 1.88. The number of hydrogen-bond acceptors (Lipinski definition) is 1. The van der Waals surface area contributed by atoms with Crippen LogP contribution in [0.3, 0.4) is 0 Å². The summed E-state index contributed by atoms with van der Waals surface area (Å²) in [5, 5.41) is 8.85. The van der Waals surface area contributed by atoms with Gasteiger partial charge in [0, 0.05) is 0 Å². The molecular weight excluding hydrogens is 164 g/mol. The van der Waals surface area contributed by atoms with E-state index in [0.29, 0.717) is 5.92 Å². The van der Waals surface area contributed by atoms with Gasteiger partial charge in [0.05, 0.1) is 5.92 Å². The van der Waals surface area contributed by atoms with E-state index in [2.05, 4.69) is 13.0 Å².